The number of nitrogens with one attached hydrogen (secondary N) is 2. The van der Waals surface area contributed by atoms with Gasteiger partial charge in [0.25, 0.3) is 11.2 Å². The normalized spacial score (nSPS) is 17.6. The van der Waals surface area contributed by atoms with E-state index < -0.39 is 4.92 Å². The molecular weight excluding hydrogens is 506 g/mol. The predicted octanol–water partition coefficient (Wildman–Crippen LogP) is 6.07. The number of aromatic nitrogens is 3. The minimum absolute atomic E-state index is 0.0485. The first-order valence-electron chi connectivity index (χ1n) is 12.5. The second-order valence-corrected chi connectivity index (χ2v) is 11.6. The standard InChI is InChI=1S/C27H29N5O5S/c1-27(2,3)31-24(28-18-6-11-23-21(14-18)26(34)30-38-23)15-22(29-31)17-5-4-16(12-17)13-25(33)37-20-9-7-19(8-10-20)32(35)36/h6-11,14-17,28H,4-5,12-13H2,1-3H3,(H,30,34). The van der Waals surface area contributed by atoms with Crippen molar-refractivity contribution in [3.05, 3.63) is 74.7 Å². The first-order chi connectivity index (χ1) is 18.1. The van der Waals surface area contributed by atoms with Gasteiger partial charge in [0.05, 0.1) is 26.2 Å². The third-order valence-corrected chi connectivity index (χ3v) is 7.67. The Morgan fingerprint density at radius 1 is 1.21 bits per heavy atom. The summed E-state index contributed by atoms with van der Waals surface area (Å²) in [7, 11) is 0. The van der Waals surface area contributed by atoms with Crippen molar-refractivity contribution in [1.82, 2.24) is 14.2 Å². The first-order valence-corrected chi connectivity index (χ1v) is 13.3. The summed E-state index contributed by atoms with van der Waals surface area (Å²) in [6, 6.07) is 13.3. The van der Waals surface area contributed by atoms with Gasteiger partial charge >= 0.3 is 5.97 Å². The number of H-pyrrole nitrogens is 1. The zero-order chi connectivity index (χ0) is 27.0. The number of fused-ring (bicyclic) bond motifs is 1. The summed E-state index contributed by atoms with van der Waals surface area (Å²) in [5.41, 5.74) is 1.38. The number of anilines is 2. The van der Waals surface area contributed by atoms with Crippen LogP contribution >= 0.6 is 11.5 Å². The van der Waals surface area contributed by atoms with Gasteiger partial charge in [0.1, 0.15) is 11.6 Å². The Morgan fingerprint density at radius 2 is 1.97 bits per heavy atom. The van der Waals surface area contributed by atoms with Crippen molar-refractivity contribution >= 4 is 44.8 Å². The van der Waals surface area contributed by atoms with Gasteiger partial charge in [-0.1, -0.05) is 11.5 Å². The highest BCUT2D eigenvalue weighted by molar-refractivity contribution is 7.13. The molecule has 4 aromatic rings. The van der Waals surface area contributed by atoms with E-state index in [2.05, 4.69) is 36.5 Å². The van der Waals surface area contributed by atoms with E-state index in [9.17, 15) is 19.7 Å². The molecular formula is C27H29N5O5S. The van der Waals surface area contributed by atoms with Crippen LogP contribution in [0.1, 0.15) is 58.1 Å². The molecule has 198 valence electrons. The van der Waals surface area contributed by atoms with E-state index in [1.807, 2.05) is 22.9 Å². The monoisotopic (exact) mass is 535 g/mol. The number of aromatic amines is 1. The Kier molecular flexibility index (Phi) is 6.78. The van der Waals surface area contributed by atoms with E-state index in [0.29, 0.717) is 11.1 Å². The number of nitro benzene ring substituents is 1. The maximum absolute atomic E-state index is 12.5. The number of carbonyl (C=O) groups excluding carboxylic acids is 1. The summed E-state index contributed by atoms with van der Waals surface area (Å²) in [4.78, 5) is 34.9. The number of non-ortho nitro benzene ring substituents is 1. The number of benzene rings is 2. The average molecular weight is 536 g/mol. The van der Waals surface area contributed by atoms with Gasteiger partial charge in [0, 0.05) is 36.2 Å². The summed E-state index contributed by atoms with van der Waals surface area (Å²) in [5, 5.41) is 19.9. The molecule has 2 N–H and O–H groups in total. The maximum Gasteiger partial charge on any atom is 0.311 e. The fraction of sp³-hybridized carbons (Fsp3) is 0.370. The first kappa shape index (κ1) is 25.7. The number of rotatable bonds is 7. The summed E-state index contributed by atoms with van der Waals surface area (Å²) in [6.07, 6.45) is 2.93. The van der Waals surface area contributed by atoms with Crippen molar-refractivity contribution in [2.45, 2.75) is 57.9 Å². The van der Waals surface area contributed by atoms with Gasteiger partial charge in [-0.2, -0.15) is 5.10 Å². The van der Waals surface area contributed by atoms with Crippen molar-refractivity contribution in [2.75, 3.05) is 5.32 Å². The molecule has 2 aromatic carbocycles. The number of nitro groups is 1. The molecule has 1 aliphatic carbocycles. The third kappa shape index (κ3) is 5.47. The molecule has 1 saturated carbocycles. The zero-order valence-electron chi connectivity index (χ0n) is 21.4. The third-order valence-electron chi connectivity index (χ3n) is 6.81. The Morgan fingerprint density at radius 3 is 2.68 bits per heavy atom. The van der Waals surface area contributed by atoms with Crippen LogP contribution in [0.3, 0.4) is 0 Å². The van der Waals surface area contributed by atoms with E-state index in [0.717, 1.165) is 41.2 Å². The lowest BCUT2D eigenvalue weighted by molar-refractivity contribution is -0.384. The number of hydrogen-bond acceptors (Lipinski definition) is 8. The summed E-state index contributed by atoms with van der Waals surface area (Å²) in [5.74, 6) is 1.20. The van der Waals surface area contributed by atoms with Crippen LogP contribution in [0.5, 0.6) is 5.75 Å². The lowest BCUT2D eigenvalue weighted by Crippen LogP contribution is -2.24. The Labute approximate surface area is 222 Å². The van der Waals surface area contributed by atoms with E-state index in [1.165, 1.54) is 35.8 Å². The van der Waals surface area contributed by atoms with Crippen molar-refractivity contribution in [3.63, 3.8) is 0 Å². The molecule has 10 nitrogen and oxygen atoms in total. The summed E-state index contributed by atoms with van der Waals surface area (Å²) >= 11 is 1.32. The van der Waals surface area contributed by atoms with Gasteiger partial charge in [-0.15, -0.1) is 0 Å². The van der Waals surface area contributed by atoms with Gasteiger partial charge in [0.2, 0.25) is 0 Å². The molecule has 0 amide bonds. The van der Waals surface area contributed by atoms with Crippen LogP contribution in [0.2, 0.25) is 0 Å². The van der Waals surface area contributed by atoms with Crippen LogP contribution in [-0.4, -0.2) is 25.0 Å². The van der Waals surface area contributed by atoms with E-state index in [-0.39, 0.29) is 41.0 Å². The lowest BCUT2D eigenvalue weighted by atomic mass is 10.00. The molecule has 38 heavy (non-hydrogen) atoms. The average Bonchev–Trinajstić information content (AvgIpc) is 3.58. The van der Waals surface area contributed by atoms with Crippen LogP contribution in [0.15, 0.2) is 53.3 Å². The molecule has 0 radical (unpaired) electrons. The minimum Gasteiger partial charge on any atom is -0.427 e. The summed E-state index contributed by atoms with van der Waals surface area (Å²) in [6.45, 7) is 6.27. The molecule has 2 atom stereocenters. The van der Waals surface area contributed by atoms with Crippen LogP contribution in [0.4, 0.5) is 17.2 Å². The minimum atomic E-state index is -0.491. The van der Waals surface area contributed by atoms with Gasteiger partial charge in [-0.25, -0.2) is 4.68 Å². The molecule has 2 aromatic heterocycles. The van der Waals surface area contributed by atoms with Crippen LogP contribution < -0.4 is 15.6 Å². The number of carbonyl (C=O) groups is 1. The second kappa shape index (κ2) is 10.1. The van der Waals surface area contributed by atoms with Crippen molar-refractivity contribution in [1.29, 1.82) is 0 Å². The van der Waals surface area contributed by atoms with Crippen molar-refractivity contribution < 1.29 is 14.5 Å². The van der Waals surface area contributed by atoms with Crippen LogP contribution in [0, 0.1) is 16.0 Å². The van der Waals surface area contributed by atoms with Gasteiger partial charge in [-0.3, -0.25) is 24.1 Å². The smallest absolute Gasteiger partial charge is 0.311 e. The Balaban J connectivity index is 1.26. The topological polar surface area (TPSA) is 132 Å². The number of nitrogens with zero attached hydrogens (tertiary/aromatic N) is 3. The molecule has 2 unspecified atom stereocenters. The van der Waals surface area contributed by atoms with Crippen LogP contribution in [0.25, 0.3) is 10.1 Å². The van der Waals surface area contributed by atoms with Crippen molar-refractivity contribution in [3.8, 4) is 5.75 Å². The summed E-state index contributed by atoms with van der Waals surface area (Å²) < 4.78 is 11.1. The van der Waals surface area contributed by atoms with E-state index in [4.69, 9.17) is 9.84 Å². The van der Waals surface area contributed by atoms with Crippen molar-refractivity contribution in [2.24, 2.45) is 5.92 Å². The van der Waals surface area contributed by atoms with E-state index >= 15 is 0 Å². The maximum atomic E-state index is 12.5. The quantitative estimate of drug-likeness (QED) is 0.127. The Hall–Kier alpha value is -3.99. The predicted molar refractivity (Wildman–Crippen MR) is 146 cm³/mol. The van der Waals surface area contributed by atoms with Gasteiger partial charge in [0.15, 0.2) is 0 Å². The SMILES string of the molecule is CC(C)(C)n1nc(C2CCC(CC(=O)Oc3ccc([N+](=O)[O-])cc3)C2)cc1Nc1ccc2s[nH]c(=O)c2c1. The molecule has 1 aliphatic rings. The molecule has 11 heteroatoms. The highest BCUT2D eigenvalue weighted by Crippen LogP contribution is 2.41. The molecule has 0 bridgehead atoms. The van der Waals surface area contributed by atoms with Gasteiger partial charge in [-0.05, 0) is 76.3 Å². The molecule has 0 saturated heterocycles. The number of esters is 1. The largest absolute Gasteiger partial charge is 0.427 e. The van der Waals surface area contributed by atoms with Gasteiger partial charge < -0.3 is 10.1 Å². The molecule has 1 fully saturated rings. The molecule has 0 aliphatic heterocycles. The molecule has 5 rings (SSSR count). The molecule has 0 spiro atoms. The lowest BCUT2D eigenvalue weighted by Gasteiger charge is -2.23. The molecule has 2 heterocycles. The number of hydrogen-bond donors (Lipinski definition) is 2. The highest BCUT2D eigenvalue weighted by Gasteiger charge is 2.31. The number of ether oxygens (including phenoxy) is 1. The van der Waals surface area contributed by atoms with E-state index in [1.54, 1.807) is 0 Å². The zero-order valence-corrected chi connectivity index (χ0v) is 22.2. The highest BCUT2D eigenvalue weighted by atomic mass is 32.1. The fourth-order valence-corrected chi connectivity index (χ4v) is 5.66. The van der Waals surface area contributed by atoms with Crippen LogP contribution in [-0.2, 0) is 10.3 Å². The Bertz CT molecular complexity index is 1550. The fourth-order valence-electron chi connectivity index (χ4n) is 4.95. The second-order valence-electron chi connectivity index (χ2n) is 10.7.